The van der Waals surface area contributed by atoms with E-state index in [0.29, 0.717) is 5.56 Å². The largest absolute Gasteiger partial charge is 0.744 e. The van der Waals surface area contributed by atoms with Gasteiger partial charge in [-0.25, -0.2) is 13.0 Å². The number of fused-ring (bicyclic) bond motifs is 4. The first kappa shape index (κ1) is 18.4. The van der Waals surface area contributed by atoms with Crippen LogP contribution in [0.15, 0.2) is 29.2 Å². The maximum atomic E-state index is 12.1. The summed E-state index contributed by atoms with van der Waals surface area (Å²) in [5.41, 5.74) is 7.29. The fourth-order valence-electron chi connectivity index (χ4n) is 4.75. The van der Waals surface area contributed by atoms with Crippen molar-refractivity contribution >= 4 is 21.5 Å². The van der Waals surface area contributed by atoms with Crippen LogP contribution in [0.4, 0.5) is 5.69 Å². The lowest BCUT2D eigenvalue weighted by Gasteiger charge is -2.23. The lowest BCUT2D eigenvalue weighted by molar-refractivity contribution is -0.403. The summed E-state index contributed by atoms with van der Waals surface area (Å²) in [4.78, 5) is -0.103. The molecule has 4 nitrogen and oxygen atoms in total. The van der Waals surface area contributed by atoms with Gasteiger partial charge in [0.25, 0.3) is 0 Å². The van der Waals surface area contributed by atoms with E-state index in [-0.39, 0.29) is 15.7 Å². The van der Waals surface area contributed by atoms with E-state index in [9.17, 15) is 13.0 Å². The van der Waals surface area contributed by atoms with Crippen LogP contribution in [0.5, 0.6) is 0 Å². The Morgan fingerprint density at radius 3 is 2.11 bits per heavy atom. The van der Waals surface area contributed by atoms with E-state index in [1.54, 1.807) is 0 Å². The van der Waals surface area contributed by atoms with Gasteiger partial charge in [-0.05, 0) is 55.2 Å². The smallest absolute Gasteiger partial charge is 0.209 e. The second-order valence-electron chi connectivity index (χ2n) is 8.95. The van der Waals surface area contributed by atoms with Gasteiger partial charge in [0, 0.05) is 29.5 Å². The highest BCUT2D eigenvalue weighted by Gasteiger charge is 2.46. The van der Waals surface area contributed by atoms with Crippen molar-refractivity contribution < 1.29 is 17.5 Å². The van der Waals surface area contributed by atoms with Gasteiger partial charge in [-0.3, -0.25) is 0 Å². The van der Waals surface area contributed by atoms with Crippen molar-refractivity contribution in [2.24, 2.45) is 0 Å². The molecule has 2 aromatic carbocycles. The van der Waals surface area contributed by atoms with Crippen LogP contribution in [0.1, 0.15) is 56.9 Å². The van der Waals surface area contributed by atoms with Crippen LogP contribution in [-0.4, -0.2) is 30.3 Å². The lowest BCUT2D eigenvalue weighted by atomic mass is 9.78. The molecule has 0 unspecified atom stereocenters. The van der Waals surface area contributed by atoms with Crippen molar-refractivity contribution in [3.8, 4) is 11.1 Å². The van der Waals surface area contributed by atoms with Gasteiger partial charge in [0.15, 0.2) is 5.71 Å². The van der Waals surface area contributed by atoms with Crippen LogP contribution in [0.2, 0.25) is 0 Å². The molecule has 2 aliphatic rings. The fraction of sp³-hybridized carbons (Fsp3) is 0.409. The van der Waals surface area contributed by atoms with Gasteiger partial charge in [0.05, 0.1) is 10.3 Å². The third-order valence-corrected chi connectivity index (χ3v) is 7.57. The topological polar surface area (TPSA) is 60.2 Å². The number of nitrogens with zero attached hydrogens (tertiary/aromatic N) is 1. The number of hydrogen-bond acceptors (Lipinski definition) is 3. The van der Waals surface area contributed by atoms with Crippen molar-refractivity contribution in [3.05, 3.63) is 46.5 Å². The fourth-order valence-corrected chi connectivity index (χ4v) is 5.55. The molecule has 0 spiro atoms. The van der Waals surface area contributed by atoms with Crippen molar-refractivity contribution in [3.63, 3.8) is 0 Å². The standard InChI is InChI=1S/C22H25NO3S/c1-12-8-17-20(19(9-12)27(24,25)26)14-10-16-18(11-15(14)22(17,5)6)23(7)13(2)21(16,3)4/h8-11H,1-7H3. The van der Waals surface area contributed by atoms with E-state index >= 15 is 0 Å². The molecule has 1 heterocycles. The lowest BCUT2D eigenvalue weighted by Crippen LogP contribution is -2.25. The molecular formula is C22H25NO3S. The normalized spacial score (nSPS) is 19.1. The predicted molar refractivity (Wildman–Crippen MR) is 106 cm³/mol. The third kappa shape index (κ3) is 2.25. The van der Waals surface area contributed by atoms with Crippen molar-refractivity contribution in [1.82, 2.24) is 0 Å². The summed E-state index contributed by atoms with van der Waals surface area (Å²) in [6, 6.07) is 7.81. The van der Waals surface area contributed by atoms with E-state index < -0.39 is 10.1 Å². The summed E-state index contributed by atoms with van der Waals surface area (Å²) >= 11 is 0. The summed E-state index contributed by atoms with van der Waals surface area (Å²) in [5.74, 6) is 0. The number of rotatable bonds is 1. The molecule has 0 saturated heterocycles. The van der Waals surface area contributed by atoms with Crippen LogP contribution >= 0.6 is 0 Å². The minimum absolute atomic E-state index is 0.103. The molecule has 1 aliphatic carbocycles. The molecule has 0 N–H and O–H groups in total. The van der Waals surface area contributed by atoms with Crippen LogP contribution < -0.4 is 0 Å². The first-order valence-electron chi connectivity index (χ1n) is 9.16. The molecular weight excluding hydrogens is 358 g/mol. The summed E-state index contributed by atoms with van der Waals surface area (Å²) in [7, 11) is -2.50. The quantitative estimate of drug-likeness (QED) is 0.547. The first-order valence-corrected chi connectivity index (χ1v) is 10.6. The van der Waals surface area contributed by atoms with Gasteiger partial charge in [-0.2, -0.15) is 0 Å². The highest BCUT2D eigenvalue weighted by molar-refractivity contribution is 7.85. The summed E-state index contributed by atoms with van der Waals surface area (Å²) < 4.78 is 38.4. The molecule has 0 fully saturated rings. The second-order valence-corrected chi connectivity index (χ2v) is 10.3. The highest BCUT2D eigenvalue weighted by atomic mass is 32.2. The maximum absolute atomic E-state index is 12.1. The van der Waals surface area contributed by atoms with Gasteiger partial charge >= 0.3 is 0 Å². The van der Waals surface area contributed by atoms with Gasteiger partial charge in [0.2, 0.25) is 5.69 Å². The Balaban J connectivity index is 2.15. The Morgan fingerprint density at radius 1 is 0.889 bits per heavy atom. The molecule has 5 heteroatoms. The molecule has 0 saturated carbocycles. The first-order chi connectivity index (χ1) is 12.3. The second kappa shape index (κ2) is 5.09. The zero-order chi connectivity index (χ0) is 20.1. The van der Waals surface area contributed by atoms with Crippen molar-refractivity contribution in [2.75, 3.05) is 7.05 Å². The van der Waals surface area contributed by atoms with Crippen LogP contribution in [0.3, 0.4) is 0 Å². The minimum Gasteiger partial charge on any atom is -0.744 e. The van der Waals surface area contributed by atoms with Crippen LogP contribution in [0, 0.1) is 6.92 Å². The molecule has 0 atom stereocenters. The SMILES string of the molecule is CC1=[N+](C)c2cc3c(cc2C1(C)C)-c1c(cc(C)cc1S(=O)(=O)[O-])C3(C)C. The van der Waals surface area contributed by atoms with E-state index in [2.05, 4.69) is 58.4 Å². The molecule has 142 valence electrons. The summed E-state index contributed by atoms with van der Waals surface area (Å²) in [5, 5.41) is 0. The van der Waals surface area contributed by atoms with E-state index in [1.807, 2.05) is 13.0 Å². The molecule has 1 aliphatic heterocycles. The van der Waals surface area contributed by atoms with Crippen molar-refractivity contribution in [1.29, 1.82) is 0 Å². The van der Waals surface area contributed by atoms with Crippen LogP contribution in [-0.2, 0) is 20.9 Å². The Bertz CT molecular complexity index is 1170. The Kier molecular flexibility index (Phi) is 3.46. The Hall–Kier alpha value is -1.98. The predicted octanol–water partition coefficient (Wildman–Crippen LogP) is 4.23. The van der Waals surface area contributed by atoms with Gasteiger partial charge in [0.1, 0.15) is 17.2 Å². The summed E-state index contributed by atoms with van der Waals surface area (Å²) in [6.45, 7) is 12.5. The van der Waals surface area contributed by atoms with Gasteiger partial charge in [-0.15, -0.1) is 0 Å². The van der Waals surface area contributed by atoms with Gasteiger partial charge < -0.3 is 4.55 Å². The molecule has 0 bridgehead atoms. The number of hydrogen-bond donors (Lipinski definition) is 0. The van der Waals surface area contributed by atoms with E-state index in [1.165, 1.54) is 17.3 Å². The Labute approximate surface area is 161 Å². The number of benzene rings is 2. The average Bonchev–Trinajstić information content (AvgIpc) is 2.87. The zero-order valence-electron chi connectivity index (χ0n) is 16.9. The molecule has 2 aromatic rings. The minimum atomic E-state index is -4.57. The molecule has 0 aromatic heterocycles. The molecule has 4 rings (SSSR count). The van der Waals surface area contributed by atoms with Crippen LogP contribution in [0.25, 0.3) is 11.1 Å². The average molecular weight is 384 g/mol. The van der Waals surface area contributed by atoms with E-state index in [4.69, 9.17) is 0 Å². The monoisotopic (exact) mass is 383 g/mol. The third-order valence-electron chi connectivity index (χ3n) is 6.71. The van der Waals surface area contributed by atoms with Gasteiger partial charge in [-0.1, -0.05) is 19.9 Å². The number of aryl methyl sites for hydroxylation is 1. The highest BCUT2D eigenvalue weighted by Crippen LogP contribution is 2.54. The van der Waals surface area contributed by atoms with E-state index in [0.717, 1.165) is 27.9 Å². The molecule has 0 radical (unpaired) electrons. The zero-order valence-corrected chi connectivity index (χ0v) is 17.7. The molecule has 0 amide bonds. The maximum Gasteiger partial charge on any atom is 0.209 e. The summed E-state index contributed by atoms with van der Waals surface area (Å²) in [6.07, 6.45) is 0. The Morgan fingerprint density at radius 2 is 1.52 bits per heavy atom. The molecule has 27 heavy (non-hydrogen) atoms. The van der Waals surface area contributed by atoms with Crippen molar-refractivity contribution in [2.45, 2.75) is 57.3 Å².